The molecule has 3 rings (SSSR count). The van der Waals surface area contributed by atoms with E-state index in [1.807, 2.05) is 31.5 Å². The first-order valence-electron chi connectivity index (χ1n) is 7.13. The van der Waals surface area contributed by atoms with Crippen LogP contribution in [0.25, 0.3) is 22.0 Å². The van der Waals surface area contributed by atoms with Gasteiger partial charge in [-0.2, -0.15) is 0 Å². The largest absolute Gasteiger partial charge is 0.370 e. The number of aromatic nitrogens is 3. The molecule has 1 N–H and O–H groups in total. The van der Waals surface area contributed by atoms with Gasteiger partial charge in [0.05, 0.1) is 5.69 Å². The van der Waals surface area contributed by atoms with Crippen LogP contribution in [0.4, 0.5) is 5.82 Å². The molecule has 0 aliphatic heterocycles. The van der Waals surface area contributed by atoms with E-state index in [0.29, 0.717) is 0 Å². The Kier molecular flexibility index (Phi) is 3.52. The third-order valence-electron chi connectivity index (χ3n) is 3.53. The Balaban J connectivity index is 2.28. The molecule has 0 spiro atoms. The van der Waals surface area contributed by atoms with E-state index in [0.717, 1.165) is 45.8 Å². The third kappa shape index (κ3) is 2.44. The predicted molar refractivity (Wildman–Crippen MR) is 86.4 cm³/mol. The molecule has 1 aromatic carbocycles. The van der Waals surface area contributed by atoms with Gasteiger partial charge in [0.2, 0.25) is 0 Å². The summed E-state index contributed by atoms with van der Waals surface area (Å²) in [5.41, 5.74) is 3.05. The summed E-state index contributed by atoms with van der Waals surface area (Å²) in [6.07, 6.45) is 3.76. The molecule has 0 saturated carbocycles. The number of nitrogens with zero attached hydrogens (tertiary/aromatic N) is 3. The van der Waals surface area contributed by atoms with E-state index >= 15 is 0 Å². The molecule has 0 aliphatic rings. The Hall–Kier alpha value is -2.49. The van der Waals surface area contributed by atoms with E-state index in [9.17, 15) is 0 Å². The molecular formula is C17H18N4. The van der Waals surface area contributed by atoms with Crippen LogP contribution in [0.2, 0.25) is 0 Å². The van der Waals surface area contributed by atoms with Crippen LogP contribution in [-0.4, -0.2) is 21.5 Å². The molecule has 2 aromatic heterocycles. The lowest BCUT2D eigenvalue weighted by atomic mass is 10.0. The third-order valence-corrected chi connectivity index (χ3v) is 3.53. The van der Waals surface area contributed by atoms with Crippen molar-refractivity contribution in [3.8, 4) is 11.3 Å². The molecule has 2 heterocycles. The van der Waals surface area contributed by atoms with Crippen molar-refractivity contribution in [3.05, 3.63) is 48.0 Å². The second-order valence-electron chi connectivity index (χ2n) is 5.03. The zero-order valence-electron chi connectivity index (χ0n) is 12.5. The Morgan fingerprint density at radius 2 is 1.86 bits per heavy atom. The summed E-state index contributed by atoms with van der Waals surface area (Å²) in [4.78, 5) is 13.5. The SMILES string of the molecule is CCNc1nc(C)nc(-c2cncc3ccccc23)c1C. The number of anilines is 1. The Morgan fingerprint density at radius 3 is 2.67 bits per heavy atom. The van der Waals surface area contributed by atoms with E-state index in [4.69, 9.17) is 0 Å². The van der Waals surface area contributed by atoms with Crippen molar-refractivity contribution in [2.24, 2.45) is 0 Å². The number of pyridine rings is 1. The second kappa shape index (κ2) is 5.48. The van der Waals surface area contributed by atoms with Gasteiger partial charge in [-0.25, -0.2) is 9.97 Å². The summed E-state index contributed by atoms with van der Waals surface area (Å²) < 4.78 is 0. The second-order valence-corrected chi connectivity index (χ2v) is 5.03. The number of nitrogens with one attached hydrogen (secondary N) is 1. The minimum absolute atomic E-state index is 0.763. The highest BCUT2D eigenvalue weighted by Crippen LogP contribution is 2.30. The van der Waals surface area contributed by atoms with Gasteiger partial charge in [0.15, 0.2) is 0 Å². The van der Waals surface area contributed by atoms with Crippen LogP contribution in [0.1, 0.15) is 18.3 Å². The minimum Gasteiger partial charge on any atom is -0.370 e. The van der Waals surface area contributed by atoms with E-state index in [1.165, 1.54) is 0 Å². The maximum absolute atomic E-state index is 4.64. The van der Waals surface area contributed by atoms with Crippen LogP contribution >= 0.6 is 0 Å². The van der Waals surface area contributed by atoms with Gasteiger partial charge in [-0.05, 0) is 26.2 Å². The summed E-state index contributed by atoms with van der Waals surface area (Å²) in [7, 11) is 0. The summed E-state index contributed by atoms with van der Waals surface area (Å²) in [6, 6.07) is 8.24. The van der Waals surface area contributed by atoms with Gasteiger partial charge in [-0.3, -0.25) is 4.98 Å². The molecule has 4 heteroatoms. The number of benzene rings is 1. The number of rotatable bonds is 3. The number of hydrogen-bond acceptors (Lipinski definition) is 4. The maximum atomic E-state index is 4.64. The zero-order valence-corrected chi connectivity index (χ0v) is 12.5. The van der Waals surface area contributed by atoms with Crippen molar-refractivity contribution >= 4 is 16.6 Å². The molecule has 106 valence electrons. The van der Waals surface area contributed by atoms with E-state index in [-0.39, 0.29) is 0 Å². The van der Waals surface area contributed by atoms with Gasteiger partial charge in [0.25, 0.3) is 0 Å². The lowest BCUT2D eigenvalue weighted by molar-refractivity contribution is 1.02. The first kappa shape index (κ1) is 13.5. The Bertz CT molecular complexity index is 791. The van der Waals surface area contributed by atoms with Crippen LogP contribution in [0.5, 0.6) is 0 Å². The first-order chi connectivity index (χ1) is 10.2. The van der Waals surface area contributed by atoms with Crippen LogP contribution in [0.15, 0.2) is 36.7 Å². The highest BCUT2D eigenvalue weighted by atomic mass is 15.0. The molecule has 0 fully saturated rings. The lowest BCUT2D eigenvalue weighted by Crippen LogP contribution is -2.06. The molecular weight excluding hydrogens is 260 g/mol. The van der Waals surface area contributed by atoms with Crippen LogP contribution in [0.3, 0.4) is 0 Å². The number of aryl methyl sites for hydroxylation is 1. The highest BCUT2D eigenvalue weighted by Gasteiger charge is 2.13. The summed E-state index contributed by atoms with van der Waals surface area (Å²) in [6.45, 7) is 6.87. The molecule has 21 heavy (non-hydrogen) atoms. The normalized spacial score (nSPS) is 10.8. The quantitative estimate of drug-likeness (QED) is 0.793. The molecule has 0 amide bonds. The molecule has 4 nitrogen and oxygen atoms in total. The smallest absolute Gasteiger partial charge is 0.133 e. The number of fused-ring (bicyclic) bond motifs is 1. The summed E-state index contributed by atoms with van der Waals surface area (Å²) in [5, 5.41) is 5.59. The standard InChI is InChI=1S/C17H18N4/c1-4-19-17-11(2)16(20-12(3)21-17)15-10-18-9-13-7-5-6-8-14(13)15/h5-10H,4H2,1-3H3,(H,19,20,21). The summed E-state index contributed by atoms with van der Waals surface area (Å²) >= 11 is 0. The topological polar surface area (TPSA) is 50.7 Å². The molecule has 0 saturated heterocycles. The first-order valence-corrected chi connectivity index (χ1v) is 7.13. The number of hydrogen-bond donors (Lipinski definition) is 1. The van der Waals surface area contributed by atoms with Crippen molar-refractivity contribution in [1.82, 2.24) is 15.0 Å². The average Bonchev–Trinajstić information content (AvgIpc) is 2.50. The Labute approximate surface area is 124 Å². The lowest BCUT2D eigenvalue weighted by Gasteiger charge is -2.13. The van der Waals surface area contributed by atoms with E-state index in [2.05, 4.69) is 46.2 Å². The van der Waals surface area contributed by atoms with Crippen molar-refractivity contribution in [2.45, 2.75) is 20.8 Å². The fraction of sp³-hybridized carbons (Fsp3) is 0.235. The molecule has 0 unspecified atom stereocenters. The van der Waals surface area contributed by atoms with Crippen molar-refractivity contribution in [2.75, 3.05) is 11.9 Å². The van der Waals surface area contributed by atoms with Gasteiger partial charge in [-0.15, -0.1) is 0 Å². The monoisotopic (exact) mass is 278 g/mol. The van der Waals surface area contributed by atoms with Gasteiger partial charge >= 0.3 is 0 Å². The summed E-state index contributed by atoms with van der Waals surface area (Å²) in [5.74, 6) is 1.66. The minimum atomic E-state index is 0.763. The average molecular weight is 278 g/mol. The molecule has 0 radical (unpaired) electrons. The molecule has 0 atom stereocenters. The molecule has 0 bridgehead atoms. The van der Waals surface area contributed by atoms with Gasteiger partial charge < -0.3 is 5.32 Å². The van der Waals surface area contributed by atoms with Crippen molar-refractivity contribution < 1.29 is 0 Å². The zero-order chi connectivity index (χ0) is 14.8. The van der Waals surface area contributed by atoms with Crippen LogP contribution in [-0.2, 0) is 0 Å². The Morgan fingerprint density at radius 1 is 1.05 bits per heavy atom. The molecule has 0 aliphatic carbocycles. The fourth-order valence-electron chi connectivity index (χ4n) is 2.54. The van der Waals surface area contributed by atoms with Gasteiger partial charge in [0.1, 0.15) is 11.6 Å². The predicted octanol–water partition coefficient (Wildman–Crippen LogP) is 3.74. The van der Waals surface area contributed by atoms with E-state index in [1.54, 1.807) is 0 Å². The van der Waals surface area contributed by atoms with Gasteiger partial charge in [0, 0.05) is 35.5 Å². The van der Waals surface area contributed by atoms with Crippen LogP contribution < -0.4 is 5.32 Å². The van der Waals surface area contributed by atoms with Crippen molar-refractivity contribution in [3.63, 3.8) is 0 Å². The fourth-order valence-corrected chi connectivity index (χ4v) is 2.54. The van der Waals surface area contributed by atoms with Gasteiger partial charge in [-0.1, -0.05) is 24.3 Å². The van der Waals surface area contributed by atoms with Crippen LogP contribution in [0, 0.1) is 13.8 Å². The van der Waals surface area contributed by atoms with Crippen molar-refractivity contribution in [1.29, 1.82) is 0 Å². The maximum Gasteiger partial charge on any atom is 0.133 e. The highest BCUT2D eigenvalue weighted by molar-refractivity contribution is 5.95. The van der Waals surface area contributed by atoms with E-state index < -0.39 is 0 Å². The molecule has 3 aromatic rings.